The highest BCUT2D eigenvalue weighted by molar-refractivity contribution is 5.96. The van der Waals surface area contributed by atoms with Gasteiger partial charge in [-0.2, -0.15) is 13.2 Å². The number of nitrogens with zero attached hydrogens (tertiary/aromatic N) is 3. The fraction of sp³-hybridized carbons (Fsp3) is 0.593. The van der Waals surface area contributed by atoms with Gasteiger partial charge >= 0.3 is 6.18 Å². The number of halogens is 4. The van der Waals surface area contributed by atoms with Crippen molar-refractivity contribution in [2.45, 2.75) is 140 Å². The van der Waals surface area contributed by atoms with Gasteiger partial charge in [-0.1, -0.05) is 18.2 Å². The van der Waals surface area contributed by atoms with Gasteiger partial charge in [0.1, 0.15) is 18.1 Å². The van der Waals surface area contributed by atoms with Crippen LogP contribution >= 0.6 is 0 Å². The molecule has 3 unspecified atom stereocenters. The van der Waals surface area contributed by atoms with Crippen LogP contribution in [-0.4, -0.2) is 141 Å². The van der Waals surface area contributed by atoms with E-state index in [-0.39, 0.29) is 78.3 Å². The first kappa shape index (κ1) is 64.2. The summed E-state index contributed by atoms with van der Waals surface area (Å²) in [5.41, 5.74) is 5.73. The van der Waals surface area contributed by atoms with E-state index in [1.54, 1.807) is 48.6 Å². The van der Waals surface area contributed by atoms with Crippen molar-refractivity contribution in [2.75, 3.05) is 58.9 Å². The molecule has 18 nitrogen and oxygen atoms in total. The number of rotatable bonds is 20. The number of nitrogens with one attached hydrogen (secondary N) is 4. The fourth-order valence-corrected chi connectivity index (χ4v) is 8.30. The van der Waals surface area contributed by atoms with Gasteiger partial charge in [-0.15, -0.1) is 0 Å². The molecule has 7 rings (SSSR count). The molecule has 2 saturated carbocycles. The lowest BCUT2D eigenvalue weighted by Gasteiger charge is -2.29. The third-order valence-electron chi connectivity index (χ3n) is 12.4. The Labute approximate surface area is 443 Å². The highest BCUT2D eigenvalue weighted by Crippen LogP contribution is 2.25. The molecular weight excluding hydrogens is 997 g/mol. The Balaban J connectivity index is 0.000000299. The first-order chi connectivity index (χ1) is 36.3. The summed E-state index contributed by atoms with van der Waals surface area (Å²) >= 11 is 0. The van der Waals surface area contributed by atoms with E-state index in [1.807, 2.05) is 32.2 Å². The van der Waals surface area contributed by atoms with Crippen LogP contribution in [-0.2, 0) is 38.2 Å². The highest BCUT2D eigenvalue weighted by atomic mass is 19.4. The van der Waals surface area contributed by atoms with Gasteiger partial charge in [0.15, 0.2) is 11.6 Å². The second-order valence-electron chi connectivity index (χ2n) is 18.9. The summed E-state index contributed by atoms with van der Waals surface area (Å²) in [6.07, 6.45) is 13.3. The molecule has 4 heterocycles. The Bertz CT molecular complexity index is 2130. The van der Waals surface area contributed by atoms with Gasteiger partial charge in [0.2, 0.25) is 17.7 Å². The average molecular weight is 1080 g/mol. The number of hydrogen-bond acceptors (Lipinski definition) is 13. The molecule has 2 aromatic heterocycles. The number of para-hydroxylation sites is 1. The number of alkyl halides is 3. The minimum atomic E-state index is -4.00. The molecule has 22 heteroatoms. The minimum Gasteiger partial charge on any atom is -0.490 e. The number of aromatic nitrogens is 2. The van der Waals surface area contributed by atoms with E-state index in [9.17, 15) is 46.3 Å². The van der Waals surface area contributed by atoms with Crippen LogP contribution in [0.4, 0.5) is 23.2 Å². The Hall–Kier alpha value is -6.10. The third kappa shape index (κ3) is 28.2. The number of primary amides is 1. The van der Waals surface area contributed by atoms with Gasteiger partial charge < -0.3 is 55.6 Å². The van der Waals surface area contributed by atoms with E-state index in [0.717, 1.165) is 77.0 Å². The number of amides is 5. The van der Waals surface area contributed by atoms with E-state index >= 15 is 0 Å². The first-order valence-electron chi connectivity index (χ1n) is 26.0. The van der Waals surface area contributed by atoms with Crippen LogP contribution in [0.2, 0.25) is 0 Å². The number of carbonyl (C=O) groups excluding carboxylic acids is 6. The zero-order valence-electron chi connectivity index (χ0n) is 44.2. The van der Waals surface area contributed by atoms with E-state index in [1.165, 1.54) is 18.3 Å². The Kier molecular flexibility index (Phi) is 30.4. The number of aldehydes is 1. The number of ether oxygens (including phenoxy) is 4. The van der Waals surface area contributed by atoms with Gasteiger partial charge in [0, 0.05) is 82.7 Å². The number of benzene rings is 1. The molecule has 6 N–H and O–H groups in total. The predicted octanol–water partition coefficient (Wildman–Crippen LogP) is 6.73. The molecule has 0 radical (unpaired) electrons. The van der Waals surface area contributed by atoms with Gasteiger partial charge in [-0.25, -0.2) is 4.39 Å². The molecule has 2 aliphatic carbocycles. The maximum Gasteiger partial charge on any atom is 0.386 e. The van der Waals surface area contributed by atoms with Crippen LogP contribution in [0.3, 0.4) is 0 Å². The maximum atomic E-state index is 13.0. The topological polar surface area (TPSA) is 242 Å². The summed E-state index contributed by atoms with van der Waals surface area (Å²) in [7, 11) is 3.60. The van der Waals surface area contributed by atoms with Gasteiger partial charge in [0.05, 0.1) is 37.4 Å². The summed E-state index contributed by atoms with van der Waals surface area (Å²) in [5, 5.41) is 11.6. The standard InChI is InChI=1S/C25H41N3O6.C12H15N3O3.C10H14FNO.C5H5N.C2H3F3/c1-28-16-19(15-24(28)31)25(32)26-12-14-34-22-10-8-21(9-11-22)33-13-2-3-23(30)27-20-6-4-18(17-29)5-7-20;1-7-2-3-10(18-7)12(17)15-8-4-5-14-9(6-8)11(13)16;1-12-7-4-8-13-10-6-3-2-5-9(10)11;1-2-4-6-5-3-1;1-2(3,4)5/h17-22H,2-16H2,1H3,(H,26,32)(H,27,30);4-7,10H,2-3H2,1H3,(H2,13,16)(H,14,15,17);2-3,5-6,12H,4,7-8H2,1H3;1-5H;1H3. The van der Waals surface area contributed by atoms with Crippen molar-refractivity contribution in [3.63, 3.8) is 0 Å². The molecule has 2 aliphatic heterocycles. The lowest BCUT2D eigenvalue weighted by atomic mass is 9.87. The minimum absolute atomic E-state index is 0.0211. The second-order valence-corrected chi connectivity index (χ2v) is 18.9. The molecule has 0 spiro atoms. The summed E-state index contributed by atoms with van der Waals surface area (Å²) in [6.45, 7) is 5.57. The van der Waals surface area contributed by atoms with Crippen molar-refractivity contribution in [1.29, 1.82) is 0 Å². The van der Waals surface area contributed by atoms with Crippen LogP contribution in [0, 0.1) is 17.7 Å². The summed E-state index contributed by atoms with van der Waals surface area (Å²) in [6, 6.07) is 15.4. The molecule has 3 atom stereocenters. The largest absolute Gasteiger partial charge is 0.490 e. The number of hydrogen-bond donors (Lipinski definition) is 5. The number of carbonyl (C=O) groups is 6. The van der Waals surface area contributed by atoms with E-state index in [0.29, 0.717) is 70.0 Å². The Morgan fingerprint density at radius 1 is 0.842 bits per heavy atom. The first-order valence-corrected chi connectivity index (χ1v) is 26.0. The van der Waals surface area contributed by atoms with Crippen LogP contribution in [0.1, 0.15) is 114 Å². The van der Waals surface area contributed by atoms with Gasteiger partial charge in [-0.05, 0) is 134 Å². The highest BCUT2D eigenvalue weighted by Gasteiger charge is 2.32. The van der Waals surface area contributed by atoms with Gasteiger partial charge in [-0.3, -0.25) is 33.9 Å². The molecule has 422 valence electrons. The molecule has 5 amide bonds. The van der Waals surface area contributed by atoms with Crippen LogP contribution in [0.15, 0.2) is 73.2 Å². The van der Waals surface area contributed by atoms with E-state index in [2.05, 4.69) is 31.2 Å². The Morgan fingerprint density at radius 3 is 2.04 bits per heavy atom. The maximum absolute atomic E-state index is 13.0. The van der Waals surface area contributed by atoms with Crippen molar-refractivity contribution < 1.29 is 65.3 Å². The lowest BCUT2D eigenvalue weighted by molar-refractivity contribution is -0.128. The molecule has 1 aromatic carbocycles. The second kappa shape index (κ2) is 36.0. The molecular formula is C54H78F4N8O10. The number of pyridine rings is 2. The van der Waals surface area contributed by atoms with Crippen molar-refractivity contribution in [1.82, 2.24) is 30.8 Å². The van der Waals surface area contributed by atoms with Crippen LogP contribution < -0.4 is 31.7 Å². The average Bonchev–Trinajstić information content (AvgIpc) is 4.00. The molecule has 4 fully saturated rings. The van der Waals surface area contributed by atoms with Crippen molar-refractivity contribution in [2.24, 2.45) is 17.6 Å². The van der Waals surface area contributed by atoms with Crippen molar-refractivity contribution in [3.8, 4) is 5.75 Å². The van der Waals surface area contributed by atoms with Gasteiger partial charge in [0.25, 0.3) is 11.8 Å². The molecule has 2 saturated heterocycles. The molecule has 0 bridgehead atoms. The molecule has 3 aromatic rings. The van der Waals surface area contributed by atoms with Crippen molar-refractivity contribution >= 4 is 41.5 Å². The SMILES string of the molecule is CC(F)(F)F.CC1CCC(C(=O)Nc2ccnc(C(N)=O)c2)O1.CN1CC(C(=O)NCCOC2CCC(OCCCC(=O)NC3CCC(C=O)CC3)CC2)CC1=O.CNCCCOc1ccccc1F.c1ccncc1. The predicted molar refractivity (Wildman–Crippen MR) is 277 cm³/mol. The number of anilines is 1. The summed E-state index contributed by atoms with van der Waals surface area (Å²) < 4.78 is 66.6. The van der Waals surface area contributed by atoms with Crippen LogP contribution in [0.5, 0.6) is 5.75 Å². The monoisotopic (exact) mass is 1070 g/mol. The van der Waals surface area contributed by atoms with Crippen molar-refractivity contribution in [3.05, 3.63) is 84.7 Å². The fourth-order valence-electron chi connectivity index (χ4n) is 8.30. The smallest absolute Gasteiger partial charge is 0.386 e. The molecule has 76 heavy (non-hydrogen) atoms. The van der Waals surface area contributed by atoms with E-state index < -0.39 is 18.2 Å². The number of nitrogens with two attached hydrogens (primary N) is 1. The Morgan fingerprint density at radius 2 is 1.50 bits per heavy atom. The zero-order chi connectivity index (χ0) is 55.7. The normalized spacial score (nSPS) is 21.8. The quantitative estimate of drug-likeness (QED) is 0.0449. The summed E-state index contributed by atoms with van der Waals surface area (Å²) in [4.78, 5) is 78.6. The van der Waals surface area contributed by atoms with Crippen LogP contribution in [0.25, 0.3) is 0 Å². The summed E-state index contributed by atoms with van der Waals surface area (Å²) in [5.74, 6) is -0.859. The molecule has 4 aliphatic rings. The van der Waals surface area contributed by atoms with E-state index in [4.69, 9.17) is 24.7 Å². The third-order valence-corrected chi connectivity index (χ3v) is 12.4. The number of likely N-dealkylation sites (tertiary alicyclic amines) is 1. The zero-order valence-corrected chi connectivity index (χ0v) is 44.2. The lowest BCUT2D eigenvalue weighted by Crippen LogP contribution is -2.37.